The number of benzene rings is 11. The SMILES string of the molecule is CC(C)(C)c1cccc(-c2cccc(-c3cc(C(C)(C)C)cc(C(C)(C)C)c3)c2-n2[c](=[Pt])n3c4[c-]c(Oc5[c-]c6c(cc5)c5ccccc5n6-c5cc(C(C)(C)C)ccn5)ccc4n(-c4cc(-c5ccccc5)cc(-c5ccccc5)c4)c4ccccc4c4cccc2c43)c1. The number of ether oxygens (including phenoxy) is 1. The van der Waals surface area contributed by atoms with Crippen LogP contribution < -0.4 is 4.74 Å². The number of rotatable bonds is 9. The van der Waals surface area contributed by atoms with Gasteiger partial charge in [-0.1, -0.05) is 32.9 Å². The molecule has 4 aromatic heterocycles. The van der Waals surface area contributed by atoms with E-state index in [1.807, 2.05) is 12.3 Å². The van der Waals surface area contributed by atoms with Crippen molar-refractivity contribution in [3.05, 3.63) is 287 Å². The number of nitrogens with zero attached hydrogens (tertiary/aromatic N) is 5. The summed E-state index contributed by atoms with van der Waals surface area (Å²) in [4.78, 5) is 5.01. The van der Waals surface area contributed by atoms with Crippen molar-refractivity contribution in [2.75, 3.05) is 0 Å². The molecule has 0 unspecified atom stereocenters. The van der Waals surface area contributed by atoms with Crippen LogP contribution in [0.15, 0.2) is 249 Å². The second-order valence-corrected chi connectivity index (χ2v) is 30.5. The van der Waals surface area contributed by atoms with Crippen LogP contribution in [0.2, 0.25) is 0 Å². The number of hydrogen-bond donors (Lipinski definition) is 0. The Morgan fingerprint density at radius 1 is 0.347 bits per heavy atom. The quantitative estimate of drug-likeness (QED) is 0.135. The van der Waals surface area contributed by atoms with Crippen molar-refractivity contribution in [3.8, 4) is 73.2 Å². The van der Waals surface area contributed by atoms with Crippen molar-refractivity contribution in [2.45, 2.75) is 105 Å². The second kappa shape index (κ2) is 23.2. The van der Waals surface area contributed by atoms with Crippen molar-refractivity contribution < 1.29 is 24.1 Å². The standard InChI is InChI=1S/C88H77N5O.Pt/c1-85(2,3)63-31-23-30-59(47-63)70-34-24-35-71(62-48-65(87(7,8)9)52-66(49-62)88(10,11)12)83(70)90-56-91-81-55-69(94-68-40-42-74-72-32-19-22-38-77(72)93(80(74)54-68)82-53-64(44-45-89-82)86(4,5)6)41-43-78(81)92(76-37-21-20-33-73(76)75-36-25-39-79(90)84(75)91)67-50-60(57-26-15-13-16-27-57)46-61(51-67)58-28-17-14-18-29-58;/h13-53H,1-12H3;/q-2;. The Kier molecular flexibility index (Phi) is 15.0. The summed E-state index contributed by atoms with van der Waals surface area (Å²) in [5.74, 6) is 1.94. The summed E-state index contributed by atoms with van der Waals surface area (Å²) >= 11 is 2.63. The molecular formula is C88H77N5OPt-2. The van der Waals surface area contributed by atoms with Gasteiger partial charge < -0.3 is 0 Å². The first kappa shape index (κ1) is 61.3. The number of hydrogen-bond acceptors (Lipinski definition) is 2. The van der Waals surface area contributed by atoms with Crippen molar-refractivity contribution in [1.82, 2.24) is 23.1 Å². The second-order valence-electron chi connectivity index (χ2n) is 29.5. The van der Waals surface area contributed by atoms with Gasteiger partial charge in [0, 0.05) is 6.20 Å². The molecule has 95 heavy (non-hydrogen) atoms. The van der Waals surface area contributed by atoms with E-state index in [-0.39, 0.29) is 21.7 Å². The monoisotopic (exact) mass is 1410 g/mol. The van der Waals surface area contributed by atoms with E-state index < -0.39 is 0 Å². The normalized spacial score (nSPS) is 12.5. The van der Waals surface area contributed by atoms with Gasteiger partial charge in [-0.05, 0) is 17.0 Å². The van der Waals surface area contributed by atoms with E-state index in [2.05, 4.69) is 369 Å². The molecule has 0 aliphatic heterocycles. The molecule has 0 saturated carbocycles. The molecule has 0 spiro atoms. The molecule has 7 heteroatoms. The van der Waals surface area contributed by atoms with Crippen molar-refractivity contribution in [1.29, 1.82) is 0 Å². The van der Waals surface area contributed by atoms with Crippen LogP contribution >= 0.6 is 0 Å². The Hall–Kier alpha value is -9.87. The van der Waals surface area contributed by atoms with Crippen LogP contribution in [0.1, 0.15) is 105 Å². The topological polar surface area (TPSA) is 41.3 Å². The maximum absolute atomic E-state index is 7.25. The number of imidazole rings is 1. The van der Waals surface area contributed by atoms with Gasteiger partial charge in [-0.2, -0.15) is 0 Å². The predicted molar refractivity (Wildman–Crippen MR) is 393 cm³/mol. The number of aromatic nitrogens is 5. The fraction of sp³-hybridized carbons (Fsp3) is 0.182. The van der Waals surface area contributed by atoms with E-state index in [1.54, 1.807) is 0 Å². The predicted octanol–water partition coefficient (Wildman–Crippen LogP) is 23.4. The summed E-state index contributed by atoms with van der Waals surface area (Å²) < 4.78 is 17.9. The number of para-hydroxylation sites is 4. The molecule has 0 fully saturated rings. The summed E-state index contributed by atoms with van der Waals surface area (Å²) in [5, 5.41) is 4.37. The molecule has 0 N–H and O–H groups in total. The fourth-order valence-corrected chi connectivity index (χ4v) is 14.7. The average molecular weight is 1420 g/mol. The molecule has 472 valence electrons. The molecule has 4 heterocycles. The van der Waals surface area contributed by atoms with Gasteiger partial charge in [0.25, 0.3) is 0 Å². The zero-order chi connectivity index (χ0) is 65.9. The van der Waals surface area contributed by atoms with E-state index in [4.69, 9.17) is 9.72 Å². The van der Waals surface area contributed by atoms with Crippen LogP contribution in [0, 0.1) is 15.9 Å². The van der Waals surface area contributed by atoms with E-state index in [0.29, 0.717) is 11.5 Å². The van der Waals surface area contributed by atoms with Crippen molar-refractivity contribution in [2.24, 2.45) is 0 Å². The van der Waals surface area contributed by atoms with Gasteiger partial charge in [0.2, 0.25) is 0 Å². The Labute approximate surface area is 568 Å². The molecule has 0 saturated heterocycles. The summed E-state index contributed by atoms with van der Waals surface area (Å²) in [6, 6.07) is 96.9. The minimum absolute atomic E-state index is 0.0813. The van der Waals surface area contributed by atoms with Gasteiger partial charge >= 0.3 is 516 Å². The Morgan fingerprint density at radius 2 is 0.842 bits per heavy atom. The summed E-state index contributed by atoms with van der Waals surface area (Å²) in [6.07, 6.45) is 1.92. The van der Waals surface area contributed by atoms with E-state index in [9.17, 15) is 0 Å². The van der Waals surface area contributed by atoms with E-state index >= 15 is 0 Å². The summed E-state index contributed by atoms with van der Waals surface area (Å²) in [5.41, 5.74) is 22.7. The number of fused-ring (bicyclic) bond motifs is 7. The molecule has 0 radical (unpaired) electrons. The maximum atomic E-state index is 7.25. The Morgan fingerprint density at radius 3 is 1.47 bits per heavy atom. The van der Waals surface area contributed by atoms with Crippen LogP contribution in [-0.4, -0.2) is 23.1 Å². The molecule has 15 aromatic rings. The summed E-state index contributed by atoms with van der Waals surface area (Å²) in [6.45, 7) is 27.6. The molecule has 0 aliphatic carbocycles. The van der Waals surface area contributed by atoms with Crippen molar-refractivity contribution >= 4 is 60.2 Å². The fourth-order valence-electron chi connectivity index (χ4n) is 13.7. The third-order valence-corrected chi connectivity index (χ3v) is 19.9. The van der Waals surface area contributed by atoms with Gasteiger partial charge in [-0.15, -0.1) is 0 Å². The van der Waals surface area contributed by atoms with Crippen LogP contribution in [0.25, 0.3) is 122 Å². The van der Waals surface area contributed by atoms with E-state index in [0.717, 1.165) is 120 Å². The first-order valence-electron chi connectivity index (χ1n) is 33.0. The van der Waals surface area contributed by atoms with Gasteiger partial charge in [0.15, 0.2) is 0 Å². The van der Waals surface area contributed by atoms with Crippen LogP contribution in [-0.2, 0) is 41.0 Å². The molecule has 0 bridgehead atoms. The first-order chi connectivity index (χ1) is 45.5. The minimum atomic E-state index is -0.116. The van der Waals surface area contributed by atoms with Crippen LogP contribution in [0.4, 0.5) is 0 Å². The molecule has 11 aromatic carbocycles. The molecule has 0 aliphatic rings. The van der Waals surface area contributed by atoms with Gasteiger partial charge in [-0.25, -0.2) is 0 Å². The first-order valence-corrected chi connectivity index (χ1v) is 34.1. The summed E-state index contributed by atoms with van der Waals surface area (Å²) in [7, 11) is 0. The third-order valence-electron chi connectivity index (χ3n) is 18.9. The molecule has 0 amide bonds. The van der Waals surface area contributed by atoms with E-state index in [1.165, 1.54) is 27.8 Å². The number of pyridine rings is 1. The molecule has 0 atom stereocenters. The zero-order valence-electron chi connectivity index (χ0n) is 56.1. The third kappa shape index (κ3) is 11.1. The molecule has 6 nitrogen and oxygen atoms in total. The Balaban J connectivity index is 1.08. The van der Waals surface area contributed by atoms with Gasteiger partial charge in [0.1, 0.15) is 0 Å². The van der Waals surface area contributed by atoms with Crippen LogP contribution in [0.3, 0.4) is 0 Å². The van der Waals surface area contributed by atoms with Gasteiger partial charge in [0.05, 0.1) is 0 Å². The van der Waals surface area contributed by atoms with Crippen LogP contribution in [0.5, 0.6) is 11.5 Å². The Bertz CT molecular complexity index is 5540. The molecular weight excluding hydrogens is 1340 g/mol. The van der Waals surface area contributed by atoms with Crippen molar-refractivity contribution in [3.63, 3.8) is 0 Å². The van der Waals surface area contributed by atoms with Gasteiger partial charge in [-0.3, -0.25) is 0 Å². The average Bonchev–Trinajstić information content (AvgIpc) is 1.60. The zero-order valence-corrected chi connectivity index (χ0v) is 58.4. The molecule has 15 rings (SSSR count).